The van der Waals surface area contributed by atoms with Gasteiger partial charge < -0.3 is 19.5 Å². The molecule has 1 saturated heterocycles. The second-order valence-electron chi connectivity index (χ2n) is 5.16. The van der Waals surface area contributed by atoms with Gasteiger partial charge in [-0.25, -0.2) is 0 Å². The van der Waals surface area contributed by atoms with Crippen molar-refractivity contribution in [1.82, 2.24) is 10.2 Å². The lowest BCUT2D eigenvalue weighted by molar-refractivity contribution is 0.0384. The van der Waals surface area contributed by atoms with Crippen molar-refractivity contribution in [2.45, 2.75) is 13.5 Å². The highest BCUT2D eigenvalue weighted by Gasteiger charge is 2.11. The molecular formula is C16H25BrN2O3. The van der Waals surface area contributed by atoms with Gasteiger partial charge in [-0.15, -0.1) is 0 Å². The number of benzene rings is 1. The van der Waals surface area contributed by atoms with Crippen LogP contribution in [-0.4, -0.2) is 58.0 Å². The fourth-order valence-corrected chi connectivity index (χ4v) is 2.89. The van der Waals surface area contributed by atoms with Gasteiger partial charge >= 0.3 is 0 Å². The summed E-state index contributed by atoms with van der Waals surface area (Å²) in [6.45, 7) is 9.16. The van der Waals surface area contributed by atoms with Gasteiger partial charge in [0.25, 0.3) is 0 Å². The van der Waals surface area contributed by atoms with Crippen LogP contribution in [0.25, 0.3) is 0 Å². The normalized spacial score (nSPS) is 15.8. The van der Waals surface area contributed by atoms with E-state index in [1.807, 2.05) is 19.1 Å². The number of hydrogen-bond donors (Lipinski definition) is 1. The molecule has 0 amide bonds. The molecule has 6 heteroatoms. The van der Waals surface area contributed by atoms with Gasteiger partial charge in [-0.2, -0.15) is 0 Å². The summed E-state index contributed by atoms with van der Waals surface area (Å²) in [7, 11) is 1.67. The van der Waals surface area contributed by atoms with Crippen LogP contribution in [0.2, 0.25) is 0 Å². The molecule has 22 heavy (non-hydrogen) atoms. The third-order valence-corrected chi connectivity index (χ3v) is 4.39. The van der Waals surface area contributed by atoms with Crippen molar-refractivity contribution in [3.63, 3.8) is 0 Å². The Morgan fingerprint density at radius 1 is 1.27 bits per heavy atom. The molecule has 1 heterocycles. The van der Waals surface area contributed by atoms with Gasteiger partial charge in [0.05, 0.1) is 26.9 Å². The minimum Gasteiger partial charge on any atom is -0.493 e. The lowest BCUT2D eigenvalue weighted by atomic mass is 10.2. The first-order chi connectivity index (χ1) is 10.7. The van der Waals surface area contributed by atoms with Crippen molar-refractivity contribution in [2.75, 3.05) is 53.1 Å². The molecule has 0 aliphatic carbocycles. The van der Waals surface area contributed by atoms with E-state index in [1.54, 1.807) is 7.11 Å². The number of rotatable bonds is 8. The average molecular weight is 373 g/mol. The van der Waals surface area contributed by atoms with Gasteiger partial charge in [0.2, 0.25) is 0 Å². The maximum absolute atomic E-state index is 5.57. The number of morpholine rings is 1. The zero-order chi connectivity index (χ0) is 15.8. The molecule has 5 nitrogen and oxygen atoms in total. The summed E-state index contributed by atoms with van der Waals surface area (Å²) in [5.74, 6) is 1.55. The molecule has 0 spiro atoms. The van der Waals surface area contributed by atoms with E-state index in [1.165, 1.54) is 5.56 Å². The highest BCUT2D eigenvalue weighted by Crippen LogP contribution is 2.33. The zero-order valence-electron chi connectivity index (χ0n) is 13.4. The molecule has 1 fully saturated rings. The van der Waals surface area contributed by atoms with Crippen LogP contribution in [0.3, 0.4) is 0 Å². The molecule has 1 aliphatic rings. The quantitative estimate of drug-likeness (QED) is 0.709. The van der Waals surface area contributed by atoms with Crippen molar-refractivity contribution >= 4 is 15.9 Å². The summed E-state index contributed by atoms with van der Waals surface area (Å²) >= 11 is 3.61. The van der Waals surface area contributed by atoms with Gasteiger partial charge in [0, 0.05) is 37.2 Å². The lowest BCUT2D eigenvalue weighted by Crippen LogP contribution is -2.40. The molecule has 0 atom stereocenters. The van der Waals surface area contributed by atoms with Crippen LogP contribution < -0.4 is 14.8 Å². The SMILES string of the molecule is CCOc1cc(Br)c(CNCCN2CCOCC2)cc1OC. The standard InChI is InChI=1S/C16H25BrN2O3/c1-3-22-16-11-14(17)13(10-15(16)20-2)12-18-4-5-19-6-8-21-9-7-19/h10-11,18H,3-9,12H2,1-2H3. The van der Waals surface area contributed by atoms with Gasteiger partial charge in [0.15, 0.2) is 11.5 Å². The number of methoxy groups -OCH3 is 1. The second-order valence-corrected chi connectivity index (χ2v) is 6.01. The van der Waals surface area contributed by atoms with E-state index in [4.69, 9.17) is 14.2 Å². The number of ether oxygens (including phenoxy) is 3. The number of hydrogen-bond acceptors (Lipinski definition) is 5. The third kappa shape index (κ3) is 5.12. The number of nitrogens with zero attached hydrogens (tertiary/aromatic N) is 1. The van der Waals surface area contributed by atoms with Gasteiger partial charge in [-0.05, 0) is 24.6 Å². The Morgan fingerprint density at radius 3 is 2.73 bits per heavy atom. The van der Waals surface area contributed by atoms with Crippen LogP contribution >= 0.6 is 15.9 Å². The Kier molecular flexibility index (Phi) is 7.45. The fourth-order valence-electron chi connectivity index (χ4n) is 2.43. The van der Waals surface area contributed by atoms with E-state index in [-0.39, 0.29) is 0 Å². The van der Waals surface area contributed by atoms with E-state index in [9.17, 15) is 0 Å². The Bertz CT molecular complexity index is 465. The van der Waals surface area contributed by atoms with Crippen LogP contribution in [0, 0.1) is 0 Å². The van der Waals surface area contributed by atoms with Crippen LogP contribution in [0.15, 0.2) is 16.6 Å². The van der Waals surface area contributed by atoms with Gasteiger partial charge in [0.1, 0.15) is 0 Å². The summed E-state index contributed by atoms with van der Waals surface area (Å²) in [6, 6.07) is 4.00. The summed E-state index contributed by atoms with van der Waals surface area (Å²) in [6.07, 6.45) is 0. The smallest absolute Gasteiger partial charge is 0.162 e. The Hall–Kier alpha value is -0.820. The summed E-state index contributed by atoms with van der Waals surface area (Å²) in [5, 5.41) is 3.48. The van der Waals surface area contributed by atoms with Crippen LogP contribution in [0.1, 0.15) is 12.5 Å². The molecule has 2 rings (SSSR count). The predicted octanol–water partition coefficient (Wildman–Crippen LogP) is 2.28. The zero-order valence-corrected chi connectivity index (χ0v) is 14.9. The molecule has 0 saturated carbocycles. The van der Waals surface area contributed by atoms with E-state index in [2.05, 4.69) is 26.1 Å². The van der Waals surface area contributed by atoms with Crippen LogP contribution in [-0.2, 0) is 11.3 Å². The monoisotopic (exact) mass is 372 g/mol. The second kappa shape index (κ2) is 9.35. The summed E-state index contributed by atoms with van der Waals surface area (Å²) in [5.41, 5.74) is 1.17. The highest BCUT2D eigenvalue weighted by atomic mass is 79.9. The van der Waals surface area contributed by atoms with E-state index < -0.39 is 0 Å². The molecule has 0 bridgehead atoms. The molecule has 1 aliphatic heterocycles. The van der Waals surface area contributed by atoms with Crippen LogP contribution in [0.4, 0.5) is 0 Å². The first-order valence-electron chi connectivity index (χ1n) is 7.74. The Balaban J connectivity index is 1.83. The Morgan fingerprint density at radius 2 is 2.05 bits per heavy atom. The Labute approximate surface area is 141 Å². The van der Waals surface area contributed by atoms with Crippen molar-refractivity contribution in [3.05, 3.63) is 22.2 Å². The number of halogens is 1. The molecule has 1 aromatic carbocycles. The summed E-state index contributed by atoms with van der Waals surface area (Å²) < 4.78 is 17.4. The minimum atomic E-state index is 0.625. The van der Waals surface area contributed by atoms with Crippen LogP contribution in [0.5, 0.6) is 11.5 Å². The molecule has 0 aromatic heterocycles. The van der Waals surface area contributed by atoms with E-state index in [0.717, 1.165) is 61.9 Å². The highest BCUT2D eigenvalue weighted by molar-refractivity contribution is 9.10. The largest absolute Gasteiger partial charge is 0.493 e. The fraction of sp³-hybridized carbons (Fsp3) is 0.625. The maximum atomic E-state index is 5.57. The van der Waals surface area contributed by atoms with Gasteiger partial charge in [-0.1, -0.05) is 15.9 Å². The first-order valence-corrected chi connectivity index (χ1v) is 8.54. The molecule has 0 radical (unpaired) electrons. The predicted molar refractivity (Wildman–Crippen MR) is 90.8 cm³/mol. The topological polar surface area (TPSA) is 43.0 Å². The van der Waals surface area contributed by atoms with Crippen molar-refractivity contribution in [3.8, 4) is 11.5 Å². The maximum Gasteiger partial charge on any atom is 0.162 e. The van der Waals surface area contributed by atoms with E-state index in [0.29, 0.717) is 6.61 Å². The van der Waals surface area contributed by atoms with Crippen molar-refractivity contribution in [2.24, 2.45) is 0 Å². The minimum absolute atomic E-state index is 0.625. The average Bonchev–Trinajstić information content (AvgIpc) is 2.54. The molecule has 124 valence electrons. The number of nitrogens with one attached hydrogen (secondary N) is 1. The molecular weight excluding hydrogens is 348 g/mol. The molecule has 1 aromatic rings. The first kappa shape index (κ1) is 17.5. The third-order valence-electron chi connectivity index (χ3n) is 3.66. The van der Waals surface area contributed by atoms with Crippen molar-refractivity contribution in [1.29, 1.82) is 0 Å². The lowest BCUT2D eigenvalue weighted by Gasteiger charge is -2.26. The molecule has 1 N–H and O–H groups in total. The summed E-state index contributed by atoms with van der Waals surface area (Å²) in [4.78, 5) is 2.42. The van der Waals surface area contributed by atoms with E-state index >= 15 is 0 Å². The molecule has 0 unspecified atom stereocenters. The van der Waals surface area contributed by atoms with Gasteiger partial charge in [-0.3, -0.25) is 4.90 Å². The van der Waals surface area contributed by atoms with Crippen molar-refractivity contribution < 1.29 is 14.2 Å².